The quantitative estimate of drug-likeness (QED) is 0.162. The molecule has 0 aromatic carbocycles. The fraction of sp³-hybridized carbons (Fsp3) is 0. The maximum absolute atomic E-state index is 4.66. The van der Waals surface area contributed by atoms with Crippen LogP contribution in [0.4, 0.5) is 0 Å². The second-order valence-electron chi connectivity index (χ2n) is 1.60. The number of nitrogens with two attached hydrogens (primary N) is 5. The van der Waals surface area contributed by atoms with Gasteiger partial charge in [0.15, 0.2) is 0 Å². The van der Waals surface area contributed by atoms with Gasteiger partial charge in [0.1, 0.15) is 0 Å². The van der Waals surface area contributed by atoms with Crippen LogP contribution in [0, 0.1) is 0 Å². The molecule has 0 spiro atoms. The largest absolute Gasteiger partial charge is 5.00 e. The van der Waals surface area contributed by atoms with Crippen molar-refractivity contribution >= 4 is 146 Å². The molecule has 0 saturated heterocycles. The Morgan fingerprint density at radius 3 is 0.429 bits per heavy atom. The minimum atomic E-state index is 0. The third kappa shape index (κ3) is 4760. The van der Waals surface area contributed by atoms with E-state index >= 15 is 0 Å². The predicted molar refractivity (Wildman–Crippen MR) is 121 cm³/mol. The van der Waals surface area contributed by atoms with Crippen LogP contribution in [-0.4, -0.2) is 21.6 Å². The SMILES string of the molecule is NC(=S)[S-].NC(=S)[S-].NC(=S)[S-].NC(=S)[S-].NC(=S)[S-].[Ta+5]. The van der Waals surface area contributed by atoms with Crippen molar-refractivity contribution in [3.8, 4) is 0 Å². The van der Waals surface area contributed by atoms with Crippen molar-refractivity contribution in [3.63, 3.8) is 0 Å². The molecular formula is C5H10N5S10Ta. The maximum atomic E-state index is 4.66. The van der Waals surface area contributed by atoms with Crippen LogP contribution in [0.3, 0.4) is 0 Å². The summed E-state index contributed by atoms with van der Waals surface area (Å²) in [6.07, 6.45) is 0. The van der Waals surface area contributed by atoms with Gasteiger partial charge in [0.25, 0.3) is 0 Å². The molecule has 0 rings (SSSR count). The Labute approximate surface area is 194 Å². The fourth-order valence-electron chi connectivity index (χ4n) is 0. The van der Waals surface area contributed by atoms with Crippen molar-refractivity contribution in [2.45, 2.75) is 0 Å². The van der Waals surface area contributed by atoms with Crippen LogP contribution in [0.5, 0.6) is 0 Å². The van der Waals surface area contributed by atoms with E-state index in [4.69, 9.17) is 0 Å². The number of hydrogen-bond acceptors (Lipinski definition) is 10. The van der Waals surface area contributed by atoms with Crippen LogP contribution in [0.25, 0.3) is 0 Å². The minimum absolute atomic E-state index is 0. The first-order valence-electron chi connectivity index (χ1n) is 3.48. The first-order valence-corrected chi connectivity index (χ1v) is 7.57. The summed E-state index contributed by atoms with van der Waals surface area (Å²) in [7, 11) is 0. The van der Waals surface area contributed by atoms with Gasteiger partial charge in [-0.3, -0.25) is 0 Å². The first kappa shape index (κ1) is 38.1. The Morgan fingerprint density at radius 2 is 0.429 bits per heavy atom. The Hall–Kier alpha value is 1.29. The molecule has 0 amide bonds. The normalized spacial score (nSPS) is 5.71. The van der Waals surface area contributed by atoms with Crippen LogP contribution in [-0.2, 0) is 85.5 Å². The van der Waals surface area contributed by atoms with E-state index < -0.39 is 0 Å². The van der Waals surface area contributed by atoms with Crippen molar-refractivity contribution in [1.29, 1.82) is 0 Å². The molecule has 16 heteroatoms. The molecule has 0 aliphatic rings. The Morgan fingerprint density at radius 1 is 0.429 bits per heavy atom. The number of rotatable bonds is 0. The summed E-state index contributed by atoms with van der Waals surface area (Å²) in [5.74, 6) is 0. The summed E-state index contributed by atoms with van der Waals surface area (Å²) in [6.45, 7) is 0. The molecule has 120 valence electrons. The molecule has 0 radical (unpaired) electrons. The summed E-state index contributed by atoms with van der Waals surface area (Å²) in [5.41, 5.74) is 23.3. The molecule has 10 N–H and O–H groups in total. The summed E-state index contributed by atoms with van der Waals surface area (Å²) in [5, 5.41) is 0. The molecule has 0 heterocycles. The molecule has 0 atom stereocenters. The van der Waals surface area contributed by atoms with Crippen LogP contribution < -0.4 is 28.7 Å². The van der Waals surface area contributed by atoms with E-state index in [0.29, 0.717) is 0 Å². The fourth-order valence-corrected chi connectivity index (χ4v) is 0. The topological polar surface area (TPSA) is 130 Å². The van der Waals surface area contributed by atoms with E-state index in [-0.39, 0.29) is 44.0 Å². The van der Waals surface area contributed by atoms with Gasteiger partial charge in [-0.1, -0.05) is 21.6 Å². The monoisotopic (exact) mass is 641 g/mol. The first-order chi connectivity index (χ1) is 8.66. The third-order valence-corrected chi connectivity index (χ3v) is 0. The van der Waals surface area contributed by atoms with Gasteiger partial charge in [0, 0.05) is 0 Å². The zero-order valence-electron chi connectivity index (χ0n) is 9.92. The molecule has 0 bridgehead atoms. The predicted octanol–water partition coefficient (Wildman–Crippen LogP) is -1.12. The van der Waals surface area contributed by atoms with E-state index in [9.17, 15) is 0 Å². The standard InChI is InChI=1S/5CH3NS2.Ta/c5*2-1(3)4;/h5*(H3,2,3,4);/q;;;;;+5/p-5. The summed E-state index contributed by atoms with van der Waals surface area (Å²) in [4.78, 5) is 0. The van der Waals surface area contributed by atoms with Crippen LogP contribution in [0.1, 0.15) is 0 Å². The van der Waals surface area contributed by atoms with Crippen molar-refractivity contribution < 1.29 is 22.4 Å². The molecule has 0 unspecified atom stereocenters. The molecule has 0 saturated carbocycles. The van der Waals surface area contributed by atoms with Crippen molar-refractivity contribution in [2.75, 3.05) is 0 Å². The molecule has 0 aromatic heterocycles. The summed E-state index contributed by atoms with van der Waals surface area (Å²) < 4.78 is 0.417. The average Bonchev–Trinajstić information content (AvgIpc) is 1.94. The second kappa shape index (κ2) is 33.0. The van der Waals surface area contributed by atoms with Gasteiger partial charge in [-0.25, -0.2) is 0 Å². The third-order valence-electron chi connectivity index (χ3n) is 0. The van der Waals surface area contributed by atoms with Crippen molar-refractivity contribution in [2.24, 2.45) is 28.7 Å². The molecule has 0 aromatic rings. The van der Waals surface area contributed by atoms with Gasteiger partial charge in [-0.05, 0) is 0 Å². The summed E-state index contributed by atoms with van der Waals surface area (Å²) >= 11 is 41.3. The van der Waals surface area contributed by atoms with Crippen LogP contribution in [0.15, 0.2) is 0 Å². The van der Waals surface area contributed by atoms with Gasteiger partial charge >= 0.3 is 22.4 Å². The Balaban J connectivity index is -0.0000000331. The van der Waals surface area contributed by atoms with Gasteiger partial charge in [-0.2, -0.15) is 0 Å². The molecule has 0 aliphatic carbocycles. The smallest absolute Gasteiger partial charge is 0.415 e. The molecule has 21 heavy (non-hydrogen) atoms. The molecule has 0 aliphatic heterocycles. The van der Waals surface area contributed by atoms with Crippen LogP contribution in [0.2, 0.25) is 0 Å². The van der Waals surface area contributed by atoms with Gasteiger partial charge < -0.3 is 153 Å². The van der Waals surface area contributed by atoms with E-state index in [1.165, 1.54) is 0 Å². The zero-order chi connectivity index (χ0) is 17.9. The van der Waals surface area contributed by atoms with Gasteiger partial charge in [0.2, 0.25) is 0 Å². The van der Waals surface area contributed by atoms with Crippen LogP contribution >= 0.6 is 61.1 Å². The number of hydrogen-bond donors (Lipinski definition) is 5. The second-order valence-corrected chi connectivity index (χ2v) is 7.29. The summed E-state index contributed by atoms with van der Waals surface area (Å²) in [6, 6.07) is 0. The zero-order valence-corrected chi connectivity index (χ0v) is 21.3. The maximum Gasteiger partial charge on any atom is 5.00 e. The molecule has 0 fully saturated rings. The van der Waals surface area contributed by atoms with Gasteiger partial charge in [0.05, 0.1) is 0 Å². The molecular weight excluding hydrogens is 632 g/mol. The minimum Gasteiger partial charge on any atom is -0.415 e. The van der Waals surface area contributed by atoms with Gasteiger partial charge in [-0.15, -0.1) is 0 Å². The Bertz CT molecular complexity index is 221. The van der Waals surface area contributed by atoms with Crippen molar-refractivity contribution in [3.05, 3.63) is 0 Å². The molecule has 5 nitrogen and oxygen atoms in total. The van der Waals surface area contributed by atoms with E-state index in [2.05, 4.69) is 153 Å². The van der Waals surface area contributed by atoms with Crippen molar-refractivity contribution in [1.82, 2.24) is 0 Å². The average molecular weight is 642 g/mol. The Kier molecular flexibility index (Phi) is 59.9. The van der Waals surface area contributed by atoms with E-state index in [1.807, 2.05) is 0 Å². The van der Waals surface area contributed by atoms with E-state index in [0.717, 1.165) is 0 Å². The van der Waals surface area contributed by atoms with E-state index in [1.54, 1.807) is 0 Å². The number of thiocarbonyl (C=S) groups is 5.